The first kappa shape index (κ1) is 15.7. The van der Waals surface area contributed by atoms with E-state index in [0.29, 0.717) is 19.3 Å². The molecule has 0 aliphatic carbocycles. The number of hydrogen-bond acceptors (Lipinski definition) is 2. The highest BCUT2D eigenvalue weighted by molar-refractivity contribution is 5.76. The van der Waals surface area contributed by atoms with Gasteiger partial charge in [0, 0.05) is 18.9 Å². The maximum atomic E-state index is 11.5. The Morgan fingerprint density at radius 3 is 2.53 bits per heavy atom. The molecule has 0 heterocycles. The third-order valence-corrected chi connectivity index (χ3v) is 2.50. The number of amides is 1. The third-order valence-electron chi connectivity index (χ3n) is 2.50. The zero-order valence-electron chi connectivity index (χ0n) is 10.6. The zero-order chi connectivity index (χ0) is 13.1. The van der Waals surface area contributed by atoms with Crippen LogP contribution in [-0.4, -0.2) is 23.0 Å². The van der Waals surface area contributed by atoms with Crippen molar-refractivity contribution in [3.63, 3.8) is 0 Å². The molecule has 0 aromatic heterocycles. The fraction of sp³-hybridized carbons (Fsp3) is 0.692. The van der Waals surface area contributed by atoms with E-state index in [2.05, 4.69) is 11.9 Å². The molecular weight excluding hydrogens is 218 g/mol. The topological polar surface area (TPSA) is 66.4 Å². The van der Waals surface area contributed by atoms with Crippen LogP contribution in [0.4, 0.5) is 0 Å². The Hall–Kier alpha value is -1.32. The van der Waals surface area contributed by atoms with Crippen LogP contribution in [0.25, 0.3) is 0 Å². The number of carboxylic acids is 1. The Labute approximate surface area is 103 Å². The molecule has 0 radical (unpaired) electrons. The second-order valence-corrected chi connectivity index (χ2v) is 4.29. The SMILES string of the molecule is C=CCCCC(C)NC(=O)CCCCC(=O)O. The summed E-state index contributed by atoms with van der Waals surface area (Å²) in [7, 11) is 0. The minimum atomic E-state index is -0.803. The number of unbranched alkanes of at least 4 members (excludes halogenated alkanes) is 2. The summed E-state index contributed by atoms with van der Waals surface area (Å²) in [5, 5.41) is 11.3. The van der Waals surface area contributed by atoms with Crippen LogP contribution in [0.3, 0.4) is 0 Å². The van der Waals surface area contributed by atoms with E-state index in [4.69, 9.17) is 5.11 Å². The van der Waals surface area contributed by atoms with Gasteiger partial charge in [-0.3, -0.25) is 9.59 Å². The van der Waals surface area contributed by atoms with E-state index in [1.54, 1.807) is 0 Å². The molecule has 0 saturated carbocycles. The lowest BCUT2D eigenvalue weighted by atomic mass is 10.1. The van der Waals surface area contributed by atoms with E-state index in [0.717, 1.165) is 19.3 Å². The quantitative estimate of drug-likeness (QED) is 0.456. The normalized spacial score (nSPS) is 11.8. The van der Waals surface area contributed by atoms with Crippen LogP contribution in [0, 0.1) is 0 Å². The number of nitrogens with one attached hydrogen (secondary N) is 1. The van der Waals surface area contributed by atoms with Crippen molar-refractivity contribution in [3.05, 3.63) is 12.7 Å². The van der Waals surface area contributed by atoms with Crippen LogP contribution in [0.2, 0.25) is 0 Å². The van der Waals surface area contributed by atoms with Crippen LogP contribution in [0.1, 0.15) is 51.9 Å². The van der Waals surface area contributed by atoms with Crippen LogP contribution < -0.4 is 5.32 Å². The monoisotopic (exact) mass is 241 g/mol. The summed E-state index contributed by atoms with van der Waals surface area (Å²) in [5.74, 6) is -0.787. The minimum absolute atomic E-state index is 0.0153. The molecule has 1 atom stereocenters. The maximum Gasteiger partial charge on any atom is 0.303 e. The van der Waals surface area contributed by atoms with Crippen molar-refractivity contribution in [1.82, 2.24) is 5.32 Å². The van der Waals surface area contributed by atoms with Gasteiger partial charge in [-0.25, -0.2) is 0 Å². The number of aliphatic carboxylic acids is 1. The van der Waals surface area contributed by atoms with Gasteiger partial charge in [0.1, 0.15) is 0 Å². The molecule has 1 unspecified atom stereocenters. The van der Waals surface area contributed by atoms with Gasteiger partial charge in [0.15, 0.2) is 0 Å². The van der Waals surface area contributed by atoms with Crippen molar-refractivity contribution in [2.45, 2.75) is 57.9 Å². The molecule has 0 aliphatic rings. The number of carbonyl (C=O) groups excluding carboxylic acids is 1. The minimum Gasteiger partial charge on any atom is -0.481 e. The van der Waals surface area contributed by atoms with Gasteiger partial charge in [-0.1, -0.05) is 6.08 Å². The summed E-state index contributed by atoms with van der Waals surface area (Å²) >= 11 is 0. The van der Waals surface area contributed by atoms with Crippen LogP contribution in [0.15, 0.2) is 12.7 Å². The van der Waals surface area contributed by atoms with Gasteiger partial charge in [0.25, 0.3) is 0 Å². The largest absolute Gasteiger partial charge is 0.481 e. The van der Waals surface area contributed by atoms with Gasteiger partial charge in [-0.2, -0.15) is 0 Å². The fourth-order valence-corrected chi connectivity index (χ4v) is 1.55. The average Bonchev–Trinajstić information content (AvgIpc) is 2.24. The van der Waals surface area contributed by atoms with Crippen molar-refractivity contribution in [2.75, 3.05) is 0 Å². The second-order valence-electron chi connectivity index (χ2n) is 4.29. The Kier molecular flexibility index (Phi) is 9.11. The zero-order valence-corrected chi connectivity index (χ0v) is 10.6. The standard InChI is InChI=1S/C13H23NO3/c1-3-4-5-8-11(2)14-12(15)9-6-7-10-13(16)17/h3,11H,1,4-10H2,2H3,(H,14,15)(H,16,17). The summed E-state index contributed by atoms with van der Waals surface area (Å²) in [4.78, 5) is 21.7. The van der Waals surface area contributed by atoms with Crippen molar-refractivity contribution < 1.29 is 14.7 Å². The van der Waals surface area contributed by atoms with E-state index in [1.165, 1.54) is 0 Å². The molecule has 0 rings (SSSR count). The highest BCUT2D eigenvalue weighted by atomic mass is 16.4. The van der Waals surface area contributed by atoms with Gasteiger partial charge in [-0.05, 0) is 39.0 Å². The predicted octanol–water partition coefficient (Wildman–Crippen LogP) is 2.49. The molecule has 0 aliphatic heterocycles. The first-order valence-electron chi connectivity index (χ1n) is 6.18. The molecule has 0 bridgehead atoms. The van der Waals surface area contributed by atoms with E-state index < -0.39 is 5.97 Å². The first-order chi connectivity index (χ1) is 8.06. The van der Waals surface area contributed by atoms with Crippen LogP contribution >= 0.6 is 0 Å². The molecule has 0 aromatic carbocycles. The van der Waals surface area contributed by atoms with E-state index in [1.807, 2.05) is 13.0 Å². The molecule has 4 nitrogen and oxygen atoms in total. The smallest absolute Gasteiger partial charge is 0.303 e. The summed E-state index contributed by atoms with van der Waals surface area (Å²) in [5.41, 5.74) is 0. The summed E-state index contributed by atoms with van der Waals surface area (Å²) in [6.45, 7) is 5.63. The van der Waals surface area contributed by atoms with E-state index >= 15 is 0 Å². The third kappa shape index (κ3) is 11.0. The van der Waals surface area contributed by atoms with Gasteiger partial charge < -0.3 is 10.4 Å². The van der Waals surface area contributed by atoms with Gasteiger partial charge in [0.05, 0.1) is 0 Å². The molecule has 0 spiro atoms. The number of carbonyl (C=O) groups is 2. The number of hydrogen-bond donors (Lipinski definition) is 2. The molecule has 0 aromatic rings. The van der Waals surface area contributed by atoms with E-state index in [-0.39, 0.29) is 18.4 Å². The molecular formula is C13H23NO3. The van der Waals surface area contributed by atoms with Crippen LogP contribution in [-0.2, 0) is 9.59 Å². The lowest BCUT2D eigenvalue weighted by Gasteiger charge is -2.13. The van der Waals surface area contributed by atoms with Crippen molar-refractivity contribution in [3.8, 4) is 0 Å². The molecule has 2 N–H and O–H groups in total. The Morgan fingerprint density at radius 2 is 1.94 bits per heavy atom. The number of rotatable bonds is 10. The summed E-state index contributed by atoms with van der Waals surface area (Å²) in [6.07, 6.45) is 6.59. The summed E-state index contributed by atoms with van der Waals surface area (Å²) in [6, 6.07) is 0.182. The van der Waals surface area contributed by atoms with Crippen molar-refractivity contribution in [2.24, 2.45) is 0 Å². The number of allylic oxidation sites excluding steroid dienone is 1. The molecule has 17 heavy (non-hydrogen) atoms. The molecule has 0 saturated heterocycles. The highest BCUT2D eigenvalue weighted by Gasteiger charge is 2.07. The van der Waals surface area contributed by atoms with Crippen LogP contribution in [0.5, 0.6) is 0 Å². The van der Waals surface area contributed by atoms with Crippen molar-refractivity contribution in [1.29, 1.82) is 0 Å². The fourth-order valence-electron chi connectivity index (χ4n) is 1.55. The lowest BCUT2D eigenvalue weighted by Crippen LogP contribution is -2.32. The predicted molar refractivity (Wildman–Crippen MR) is 67.8 cm³/mol. The summed E-state index contributed by atoms with van der Waals surface area (Å²) < 4.78 is 0. The van der Waals surface area contributed by atoms with Gasteiger partial charge in [0.2, 0.25) is 5.91 Å². The Bertz CT molecular complexity index is 251. The average molecular weight is 241 g/mol. The maximum absolute atomic E-state index is 11.5. The molecule has 0 fully saturated rings. The first-order valence-corrected chi connectivity index (χ1v) is 6.18. The van der Waals surface area contributed by atoms with E-state index in [9.17, 15) is 9.59 Å². The molecule has 98 valence electrons. The van der Waals surface area contributed by atoms with Crippen molar-refractivity contribution >= 4 is 11.9 Å². The molecule has 4 heteroatoms. The second kappa shape index (κ2) is 9.87. The Morgan fingerprint density at radius 1 is 1.29 bits per heavy atom. The van der Waals surface area contributed by atoms with Gasteiger partial charge >= 0.3 is 5.97 Å². The Balaban J connectivity index is 3.49. The van der Waals surface area contributed by atoms with Gasteiger partial charge in [-0.15, -0.1) is 6.58 Å². The lowest BCUT2D eigenvalue weighted by molar-refractivity contribution is -0.137. The molecule has 1 amide bonds. The number of carboxylic acid groups (broad SMARTS) is 1. The highest BCUT2D eigenvalue weighted by Crippen LogP contribution is 2.03.